The second-order valence-corrected chi connectivity index (χ2v) is 6.36. The van der Waals surface area contributed by atoms with Crippen molar-refractivity contribution in [3.8, 4) is 10.6 Å². The quantitative estimate of drug-likeness (QED) is 0.754. The Morgan fingerprint density at radius 3 is 2.87 bits per heavy atom. The lowest BCUT2D eigenvalue weighted by atomic mass is 10.1. The van der Waals surface area contributed by atoms with Gasteiger partial charge in [0.25, 0.3) is 0 Å². The number of carbonyl (C=O) groups is 1. The highest BCUT2D eigenvalue weighted by Crippen LogP contribution is 2.37. The van der Waals surface area contributed by atoms with Crippen molar-refractivity contribution >= 4 is 34.6 Å². The second-order valence-electron chi connectivity index (χ2n) is 5.45. The number of carbonyl (C=O) groups excluding carboxylic acids is 1. The number of aromatic nitrogens is 2. The highest BCUT2D eigenvalue weighted by molar-refractivity contribution is 7.14. The monoisotopic (exact) mass is 322 g/mol. The van der Waals surface area contributed by atoms with Crippen LogP contribution in [0.1, 0.15) is 11.1 Å². The van der Waals surface area contributed by atoms with Crippen LogP contribution in [0.5, 0.6) is 0 Å². The Morgan fingerprint density at radius 1 is 1.22 bits per heavy atom. The van der Waals surface area contributed by atoms with E-state index in [2.05, 4.69) is 20.6 Å². The van der Waals surface area contributed by atoms with Crippen molar-refractivity contribution < 1.29 is 4.79 Å². The van der Waals surface area contributed by atoms with E-state index >= 15 is 0 Å². The van der Waals surface area contributed by atoms with Crippen LogP contribution >= 0.6 is 11.3 Å². The fourth-order valence-corrected chi connectivity index (χ4v) is 3.39. The maximum atomic E-state index is 11.9. The summed E-state index contributed by atoms with van der Waals surface area (Å²) in [5, 5.41) is 8.07. The summed E-state index contributed by atoms with van der Waals surface area (Å²) in [5.74, 6) is 0.493. The van der Waals surface area contributed by atoms with Crippen molar-refractivity contribution in [3.63, 3.8) is 0 Å². The molecule has 0 unspecified atom stereocenters. The lowest BCUT2D eigenvalue weighted by Crippen LogP contribution is -2.12. The van der Waals surface area contributed by atoms with E-state index in [0.717, 1.165) is 27.5 Å². The van der Waals surface area contributed by atoms with Crippen molar-refractivity contribution in [3.05, 3.63) is 53.0 Å². The highest BCUT2D eigenvalue weighted by Gasteiger charge is 2.21. The lowest BCUT2D eigenvalue weighted by molar-refractivity contribution is -0.115. The zero-order valence-electron chi connectivity index (χ0n) is 12.5. The Morgan fingerprint density at radius 2 is 2.04 bits per heavy atom. The SMILES string of the molecule is Cc1ccc(Nc2ncc3c(n2)-c2sccc2NC(=O)C3)cc1. The van der Waals surface area contributed by atoms with Crippen molar-refractivity contribution in [1.82, 2.24) is 9.97 Å². The summed E-state index contributed by atoms with van der Waals surface area (Å²) in [6, 6.07) is 9.96. The standard InChI is InChI=1S/C17H14N4OS/c1-10-2-4-12(5-3-10)19-17-18-9-11-8-14(22)20-13-6-7-23-16(13)15(11)21-17/h2-7,9H,8H2,1H3,(H,20,22)(H,18,19,21). The zero-order chi connectivity index (χ0) is 15.8. The first-order valence-electron chi connectivity index (χ1n) is 7.26. The van der Waals surface area contributed by atoms with E-state index < -0.39 is 0 Å². The first-order chi connectivity index (χ1) is 11.2. The molecule has 0 bridgehead atoms. The van der Waals surface area contributed by atoms with E-state index in [0.29, 0.717) is 12.4 Å². The number of fused-ring (bicyclic) bond motifs is 3. The summed E-state index contributed by atoms with van der Waals surface area (Å²) in [7, 11) is 0. The van der Waals surface area contributed by atoms with Crippen LogP contribution in [0.3, 0.4) is 0 Å². The number of aryl methyl sites for hydroxylation is 1. The van der Waals surface area contributed by atoms with Gasteiger partial charge < -0.3 is 10.6 Å². The molecule has 1 aliphatic rings. The number of amides is 1. The minimum absolute atomic E-state index is 0.0359. The Hall–Kier alpha value is -2.73. The van der Waals surface area contributed by atoms with Gasteiger partial charge in [-0.15, -0.1) is 11.3 Å². The molecule has 0 saturated heterocycles. The molecule has 4 rings (SSSR count). The van der Waals surface area contributed by atoms with Crippen LogP contribution in [0, 0.1) is 6.92 Å². The topological polar surface area (TPSA) is 66.9 Å². The van der Waals surface area contributed by atoms with Crippen LogP contribution in [0.2, 0.25) is 0 Å². The number of anilines is 3. The molecule has 5 nitrogen and oxygen atoms in total. The van der Waals surface area contributed by atoms with Gasteiger partial charge in [-0.25, -0.2) is 9.97 Å². The molecule has 0 atom stereocenters. The van der Waals surface area contributed by atoms with Crippen LogP contribution in [0.25, 0.3) is 10.6 Å². The van der Waals surface area contributed by atoms with Crippen molar-refractivity contribution in [2.24, 2.45) is 0 Å². The van der Waals surface area contributed by atoms with Crippen LogP contribution in [-0.2, 0) is 11.2 Å². The third-order valence-corrected chi connectivity index (χ3v) is 4.60. The molecule has 1 aromatic carbocycles. The van der Waals surface area contributed by atoms with Crippen molar-refractivity contribution in [1.29, 1.82) is 0 Å². The second kappa shape index (κ2) is 5.48. The van der Waals surface area contributed by atoms with E-state index in [1.807, 2.05) is 42.6 Å². The highest BCUT2D eigenvalue weighted by atomic mass is 32.1. The van der Waals surface area contributed by atoms with E-state index in [-0.39, 0.29) is 5.91 Å². The largest absolute Gasteiger partial charge is 0.324 e. The number of nitrogens with zero attached hydrogens (tertiary/aromatic N) is 2. The van der Waals surface area contributed by atoms with Gasteiger partial charge in [0.15, 0.2) is 0 Å². The van der Waals surface area contributed by atoms with E-state index in [9.17, 15) is 4.79 Å². The van der Waals surface area contributed by atoms with Crippen LogP contribution in [0.15, 0.2) is 41.9 Å². The van der Waals surface area contributed by atoms with Gasteiger partial charge in [0.1, 0.15) is 0 Å². The predicted molar refractivity (Wildman–Crippen MR) is 92.1 cm³/mol. The van der Waals surface area contributed by atoms with Crippen LogP contribution in [0.4, 0.5) is 17.3 Å². The molecule has 0 fully saturated rings. The molecule has 3 heterocycles. The number of rotatable bonds is 2. The first-order valence-corrected chi connectivity index (χ1v) is 8.14. The minimum Gasteiger partial charge on any atom is -0.324 e. The lowest BCUT2D eigenvalue weighted by Gasteiger charge is -2.08. The van der Waals surface area contributed by atoms with Gasteiger partial charge in [0, 0.05) is 17.4 Å². The molecule has 0 spiro atoms. The Bertz CT molecular complexity index is 886. The number of thiophene rings is 1. The molecule has 0 aliphatic carbocycles. The van der Waals surface area contributed by atoms with Crippen molar-refractivity contribution in [2.75, 3.05) is 10.6 Å². The maximum absolute atomic E-state index is 11.9. The van der Waals surface area contributed by atoms with Gasteiger partial charge in [-0.05, 0) is 30.5 Å². The third-order valence-electron chi connectivity index (χ3n) is 3.68. The molecule has 2 aromatic heterocycles. The average molecular weight is 322 g/mol. The van der Waals surface area contributed by atoms with Crippen LogP contribution < -0.4 is 10.6 Å². The third kappa shape index (κ3) is 2.68. The predicted octanol–water partition coefficient (Wildman–Crippen LogP) is 3.75. The molecule has 1 amide bonds. The van der Waals surface area contributed by atoms with Crippen molar-refractivity contribution in [2.45, 2.75) is 13.3 Å². The molecule has 1 aliphatic heterocycles. The number of nitrogens with one attached hydrogen (secondary N) is 2. The summed E-state index contributed by atoms with van der Waals surface area (Å²) >= 11 is 1.57. The normalized spacial score (nSPS) is 12.8. The summed E-state index contributed by atoms with van der Waals surface area (Å²) < 4.78 is 0. The van der Waals surface area contributed by atoms with Gasteiger partial charge in [0.2, 0.25) is 11.9 Å². The first kappa shape index (κ1) is 13.9. The Labute approximate surface area is 137 Å². The summed E-state index contributed by atoms with van der Waals surface area (Å²) in [4.78, 5) is 21.9. The molecule has 114 valence electrons. The maximum Gasteiger partial charge on any atom is 0.228 e. The van der Waals surface area contributed by atoms with E-state index in [1.54, 1.807) is 17.5 Å². The number of hydrogen-bond donors (Lipinski definition) is 2. The molecule has 23 heavy (non-hydrogen) atoms. The van der Waals surface area contributed by atoms with Crippen LogP contribution in [-0.4, -0.2) is 15.9 Å². The van der Waals surface area contributed by atoms with Gasteiger partial charge in [0.05, 0.1) is 22.7 Å². The van der Waals surface area contributed by atoms with Gasteiger partial charge in [-0.2, -0.15) is 0 Å². The molecule has 0 saturated carbocycles. The Balaban J connectivity index is 1.74. The molecule has 2 N–H and O–H groups in total. The Kier molecular flexibility index (Phi) is 3.31. The van der Waals surface area contributed by atoms with Gasteiger partial charge in [-0.1, -0.05) is 17.7 Å². The van der Waals surface area contributed by atoms with Gasteiger partial charge >= 0.3 is 0 Å². The average Bonchev–Trinajstić information content (AvgIpc) is 2.94. The number of hydrogen-bond acceptors (Lipinski definition) is 5. The zero-order valence-corrected chi connectivity index (χ0v) is 13.3. The fourth-order valence-electron chi connectivity index (χ4n) is 2.52. The summed E-state index contributed by atoms with van der Waals surface area (Å²) in [5.41, 5.74) is 4.62. The smallest absolute Gasteiger partial charge is 0.228 e. The number of benzene rings is 1. The molecule has 6 heteroatoms. The van der Waals surface area contributed by atoms with E-state index in [4.69, 9.17) is 0 Å². The fraction of sp³-hybridized carbons (Fsp3) is 0.118. The minimum atomic E-state index is -0.0359. The molecular weight excluding hydrogens is 308 g/mol. The van der Waals surface area contributed by atoms with Gasteiger partial charge in [-0.3, -0.25) is 4.79 Å². The molecular formula is C17H14N4OS. The summed E-state index contributed by atoms with van der Waals surface area (Å²) in [6.45, 7) is 2.05. The molecule has 3 aromatic rings. The van der Waals surface area contributed by atoms with E-state index in [1.165, 1.54) is 5.56 Å². The molecule has 0 radical (unpaired) electrons. The summed E-state index contributed by atoms with van der Waals surface area (Å²) in [6.07, 6.45) is 2.02.